The standard InChI is InChI=1S/C11H13I2NO/c12-7-1-2-8-14-11(15)9-3-5-10(13)6-4-9/h3-6H,1-2,7-8H2,(H,14,15). The molecule has 1 N–H and O–H groups in total. The molecule has 0 saturated heterocycles. The maximum absolute atomic E-state index is 11.6. The summed E-state index contributed by atoms with van der Waals surface area (Å²) >= 11 is 4.57. The van der Waals surface area contributed by atoms with E-state index in [0.29, 0.717) is 0 Å². The van der Waals surface area contributed by atoms with Crippen molar-refractivity contribution in [1.29, 1.82) is 0 Å². The van der Waals surface area contributed by atoms with Gasteiger partial charge in [-0.05, 0) is 64.1 Å². The normalized spacial score (nSPS) is 10.0. The Morgan fingerprint density at radius 2 is 1.87 bits per heavy atom. The van der Waals surface area contributed by atoms with Crippen molar-refractivity contribution in [2.24, 2.45) is 0 Å². The average Bonchev–Trinajstić information content (AvgIpc) is 2.25. The van der Waals surface area contributed by atoms with Crippen LogP contribution in [-0.2, 0) is 0 Å². The molecule has 2 nitrogen and oxygen atoms in total. The van der Waals surface area contributed by atoms with Crippen molar-refractivity contribution in [2.75, 3.05) is 11.0 Å². The zero-order chi connectivity index (χ0) is 11.1. The molecule has 1 aromatic rings. The number of carbonyl (C=O) groups excluding carboxylic acids is 1. The highest BCUT2D eigenvalue weighted by Crippen LogP contribution is 2.06. The Hall–Kier alpha value is 0.150. The number of unbranched alkanes of at least 4 members (excludes halogenated alkanes) is 1. The molecular weight excluding hydrogens is 416 g/mol. The minimum atomic E-state index is 0.0276. The molecule has 0 aliphatic carbocycles. The van der Waals surface area contributed by atoms with Crippen LogP contribution in [0.25, 0.3) is 0 Å². The van der Waals surface area contributed by atoms with Crippen LogP contribution >= 0.6 is 45.2 Å². The smallest absolute Gasteiger partial charge is 0.251 e. The summed E-state index contributed by atoms with van der Waals surface area (Å²) in [7, 11) is 0. The van der Waals surface area contributed by atoms with Crippen LogP contribution < -0.4 is 5.32 Å². The number of benzene rings is 1. The molecule has 1 aromatic carbocycles. The van der Waals surface area contributed by atoms with Gasteiger partial charge in [0.05, 0.1) is 0 Å². The first-order chi connectivity index (χ1) is 7.24. The molecule has 15 heavy (non-hydrogen) atoms. The Morgan fingerprint density at radius 1 is 1.20 bits per heavy atom. The van der Waals surface area contributed by atoms with E-state index in [4.69, 9.17) is 0 Å². The van der Waals surface area contributed by atoms with Crippen LogP contribution in [0, 0.1) is 3.57 Å². The minimum absolute atomic E-state index is 0.0276. The molecule has 0 atom stereocenters. The number of rotatable bonds is 5. The van der Waals surface area contributed by atoms with Gasteiger partial charge in [0.15, 0.2) is 0 Å². The Kier molecular flexibility index (Phi) is 6.54. The van der Waals surface area contributed by atoms with Crippen molar-refractivity contribution in [3.8, 4) is 0 Å². The fourth-order valence-corrected chi connectivity index (χ4v) is 2.02. The molecule has 0 unspecified atom stereocenters. The van der Waals surface area contributed by atoms with E-state index in [1.165, 1.54) is 0 Å². The number of halogens is 2. The number of nitrogens with one attached hydrogen (secondary N) is 1. The van der Waals surface area contributed by atoms with E-state index in [9.17, 15) is 4.79 Å². The van der Waals surface area contributed by atoms with Gasteiger partial charge < -0.3 is 5.32 Å². The summed E-state index contributed by atoms with van der Waals surface area (Å²) in [4.78, 5) is 11.6. The Balaban J connectivity index is 2.37. The van der Waals surface area contributed by atoms with E-state index in [0.717, 1.165) is 32.9 Å². The van der Waals surface area contributed by atoms with Gasteiger partial charge in [-0.15, -0.1) is 0 Å². The Bertz CT molecular complexity index is 311. The zero-order valence-electron chi connectivity index (χ0n) is 8.30. The van der Waals surface area contributed by atoms with Gasteiger partial charge in [-0.25, -0.2) is 0 Å². The van der Waals surface area contributed by atoms with Gasteiger partial charge in [0.1, 0.15) is 0 Å². The summed E-state index contributed by atoms with van der Waals surface area (Å²) < 4.78 is 2.30. The largest absolute Gasteiger partial charge is 0.352 e. The van der Waals surface area contributed by atoms with Gasteiger partial charge in [0, 0.05) is 15.7 Å². The zero-order valence-corrected chi connectivity index (χ0v) is 12.6. The fourth-order valence-electron chi connectivity index (χ4n) is 1.12. The maximum Gasteiger partial charge on any atom is 0.251 e. The van der Waals surface area contributed by atoms with Gasteiger partial charge >= 0.3 is 0 Å². The second kappa shape index (κ2) is 7.43. The molecule has 0 heterocycles. The van der Waals surface area contributed by atoms with Crippen LogP contribution in [0.4, 0.5) is 0 Å². The van der Waals surface area contributed by atoms with E-state index in [1.54, 1.807) is 0 Å². The number of carbonyl (C=O) groups is 1. The maximum atomic E-state index is 11.6. The van der Waals surface area contributed by atoms with E-state index in [-0.39, 0.29) is 5.91 Å². The predicted molar refractivity (Wildman–Crippen MR) is 79.6 cm³/mol. The van der Waals surface area contributed by atoms with Crippen LogP contribution in [-0.4, -0.2) is 16.9 Å². The average molecular weight is 429 g/mol. The Labute approximate surface area is 117 Å². The Morgan fingerprint density at radius 3 is 2.47 bits per heavy atom. The van der Waals surface area contributed by atoms with Crippen molar-refractivity contribution >= 4 is 51.1 Å². The number of alkyl halides is 1. The van der Waals surface area contributed by atoms with Gasteiger partial charge in [0.25, 0.3) is 5.91 Å². The second-order valence-corrected chi connectivity index (χ2v) is 5.48. The van der Waals surface area contributed by atoms with Crippen molar-refractivity contribution in [1.82, 2.24) is 5.32 Å². The molecule has 4 heteroatoms. The molecule has 0 spiro atoms. The highest BCUT2D eigenvalue weighted by Gasteiger charge is 2.03. The lowest BCUT2D eigenvalue weighted by Gasteiger charge is -2.04. The molecule has 0 aliphatic heterocycles. The third kappa shape index (κ3) is 5.14. The number of hydrogen-bond donors (Lipinski definition) is 1. The number of amides is 1. The first kappa shape index (κ1) is 13.2. The van der Waals surface area contributed by atoms with Crippen molar-refractivity contribution in [3.63, 3.8) is 0 Å². The van der Waals surface area contributed by atoms with E-state index in [2.05, 4.69) is 50.5 Å². The SMILES string of the molecule is O=C(NCCCCI)c1ccc(I)cc1. The number of hydrogen-bond acceptors (Lipinski definition) is 1. The van der Waals surface area contributed by atoms with Gasteiger partial charge in [-0.2, -0.15) is 0 Å². The second-order valence-electron chi connectivity index (χ2n) is 3.16. The van der Waals surface area contributed by atoms with Gasteiger partial charge in [0.2, 0.25) is 0 Å². The minimum Gasteiger partial charge on any atom is -0.352 e. The van der Waals surface area contributed by atoms with Crippen LogP contribution in [0.15, 0.2) is 24.3 Å². The molecule has 0 saturated carbocycles. The van der Waals surface area contributed by atoms with E-state index < -0.39 is 0 Å². The van der Waals surface area contributed by atoms with Gasteiger partial charge in [-0.1, -0.05) is 22.6 Å². The first-order valence-corrected chi connectivity index (χ1v) is 7.44. The topological polar surface area (TPSA) is 29.1 Å². The molecule has 0 bridgehead atoms. The monoisotopic (exact) mass is 429 g/mol. The van der Waals surface area contributed by atoms with Crippen LogP contribution in [0.1, 0.15) is 23.2 Å². The third-order valence-corrected chi connectivity index (χ3v) is 3.43. The van der Waals surface area contributed by atoms with Gasteiger partial charge in [-0.3, -0.25) is 4.79 Å². The fraction of sp³-hybridized carbons (Fsp3) is 0.364. The molecule has 82 valence electrons. The highest BCUT2D eigenvalue weighted by atomic mass is 127. The van der Waals surface area contributed by atoms with Crippen LogP contribution in [0.3, 0.4) is 0 Å². The molecule has 0 aliphatic rings. The molecule has 1 amide bonds. The van der Waals surface area contributed by atoms with Crippen molar-refractivity contribution in [3.05, 3.63) is 33.4 Å². The van der Waals surface area contributed by atoms with E-state index >= 15 is 0 Å². The lowest BCUT2D eigenvalue weighted by molar-refractivity contribution is 0.0953. The predicted octanol–water partition coefficient (Wildman–Crippen LogP) is 3.24. The summed E-state index contributed by atoms with van der Waals surface area (Å²) in [6, 6.07) is 7.60. The summed E-state index contributed by atoms with van der Waals surface area (Å²) in [6.45, 7) is 0.772. The summed E-state index contributed by atoms with van der Waals surface area (Å²) in [5, 5.41) is 2.91. The summed E-state index contributed by atoms with van der Waals surface area (Å²) in [5.74, 6) is 0.0276. The molecular formula is C11H13I2NO. The quantitative estimate of drug-likeness (QED) is 0.435. The van der Waals surface area contributed by atoms with Crippen molar-refractivity contribution in [2.45, 2.75) is 12.8 Å². The van der Waals surface area contributed by atoms with Crippen LogP contribution in [0.5, 0.6) is 0 Å². The molecule has 1 rings (SSSR count). The lowest BCUT2D eigenvalue weighted by Crippen LogP contribution is -2.24. The lowest BCUT2D eigenvalue weighted by atomic mass is 10.2. The molecule has 0 aromatic heterocycles. The summed E-state index contributed by atoms with van der Waals surface area (Å²) in [5.41, 5.74) is 0.741. The van der Waals surface area contributed by atoms with E-state index in [1.807, 2.05) is 24.3 Å². The summed E-state index contributed by atoms with van der Waals surface area (Å²) in [6.07, 6.45) is 2.21. The highest BCUT2D eigenvalue weighted by molar-refractivity contribution is 14.1. The molecule has 0 radical (unpaired) electrons. The van der Waals surface area contributed by atoms with Crippen LogP contribution in [0.2, 0.25) is 0 Å². The third-order valence-electron chi connectivity index (χ3n) is 1.95. The first-order valence-electron chi connectivity index (χ1n) is 4.84. The molecule has 0 fully saturated rings. The van der Waals surface area contributed by atoms with Crippen molar-refractivity contribution < 1.29 is 4.79 Å².